The monoisotopic (exact) mass is 428 g/mol. The van der Waals surface area contributed by atoms with Crippen LogP contribution in [0.2, 0.25) is 0 Å². The van der Waals surface area contributed by atoms with Crippen LogP contribution in [0.15, 0.2) is 47.4 Å². The van der Waals surface area contributed by atoms with E-state index in [9.17, 15) is 24.8 Å². The molecule has 1 aliphatic rings. The first-order valence-corrected chi connectivity index (χ1v) is 10.2. The van der Waals surface area contributed by atoms with Crippen molar-refractivity contribution in [3.63, 3.8) is 0 Å². The molecule has 1 heterocycles. The van der Waals surface area contributed by atoms with Crippen LogP contribution in [0.25, 0.3) is 6.08 Å². The Labute approximate surface area is 177 Å². The van der Waals surface area contributed by atoms with E-state index in [4.69, 9.17) is 4.74 Å². The first kappa shape index (κ1) is 21.4. The number of aryl methyl sites for hydroxylation is 1. The molecule has 8 nitrogen and oxygen atoms in total. The summed E-state index contributed by atoms with van der Waals surface area (Å²) in [6.07, 6.45) is 2.63. The molecular weight excluding hydrogens is 408 g/mol. The fraction of sp³-hybridized carbons (Fsp3) is 0.238. The number of nitrogens with zero attached hydrogens (tertiary/aromatic N) is 2. The predicted molar refractivity (Wildman–Crippen MR) is 113 cm³/mol. The number of nitro groups is 1. The minimum Gasteiger partial charge on any atom is -0.504 e. The third-order valence-electron chi connectivity index (χ3n) is 4.45. The highest BCUT2D eigenvalue weighted by atomic mass is 32.2. The lowest BCUT2D eigenvalue weighted by Crippen LogP contribution is -2.29. The minimum atomic E-state index is -0.616. The van der Waals surface area contributed by atoms with Crippen molar-refractivity contribution in [3.05, 3.63) is 68.6 Å². The highest BCUT2D eigenvalue weighted by molar-refractivity contribution is 8.18. The summed E-state index contributed by atoms with van der Waals surface area (Å²) in [5.41, 5.74) is 0.872. The van der Waals surface area contributed by atoms with Gasteiger partial charge in [-0.1, -0.05) is 30.3 Å². The molecule has 156 valence electrons. The van der Waals surface area contributed by atoms with Gasteiger partial charge in [0.25, 0.3) is 16.8 Å². The van der Waals surface area contributed by atoms with Crippen molar-refractivity contribution >= 4 is 34.7 Å². The second-order valence-corrected chi connectivity index (χ2v) is 7.49. The maximum atomic E-state index is 12.7. The SMILES string of the molecule is CCOc1cc([N+](=O)[O-])cc(/C=C2/SC(=O)N(CCCc3ccccc3)C2=O)c1O. The molecule has 0 bridgehead atoms. The smallest absolute Gasteiger partial charge is 0.293 e. The van der Waals surface area contributed by atoms with Crippen molar-refractivity contribution in [3.8, 4) is 11.5 Å². The fourth-order valence-electron chi connectivity index (χ4n) is 3.02. The highest BCUT2D eigenvalue weighted by Crippen LogP contribution is 2.39. The van der Waals surface area contributed by atoms with E-state index in [1.807, 2.05) is 30.3 Å². The maximum absolute atomic E-state index is 12.7. The first-order valence-electron chi connectivity index (χ1n) is 9.34. The quantitative estimate of drug-likeness (QED) is 0.378. The molecule has 0 aliphatic carbocycles. The summed E-state index contributed by atoms with van der Waals surface area (Å²) in [5.74, 6) is -0.861. The van der Waals surface area contributed by atoms with Gasteiger partial charge in [-0.3, -0.25) is 24.6 Å². The number of hydrogen-bond acceptors (Lipinski definition) is 7. The topological polar surface area (TPSA) is 110 Å². The Balaban J connectivity index is 1.78. The van der Waals surface area contributed by atoms with Gasteiger partial charge >= 0.3 is 0 Å². The summed E-state index contributed by atoms with van der Waals surface area (Å²) in [4.78, 5) is 36.8. The van der Waals surface area contributed by atoms with Gasteiger partial charge in [0.05, 0.1) is 22.5 Å². The van der Waals surface area contributed by atoms with E-state index >= 15 is 0 Å². The van der Waals surface area contributed by atoms with Crippen LogP contribution in [0, 0.1) is 10.1 Å². The van der Waals surface area contributed by atoms with E-state index in [2.05, 4.69) is 0 Å². The number of phenols is 1. The Morgan fingerprint density at radius 2 is 1.97 bits per heavy atom. The van der Waals surface area contributed by atoms with Crippen LogP contribution in [0.4, 0.5) is 10.5 Å². The molecule has 1 N–H and O–H groups in total. The zero-order valence-electron chi connectivity index (χ0n) is 16.2. The van der Waals surface area contributed by atoms with Gasteiger partial charge in [-0.15, -0.1) is 0 Å². The Morgan fingerprint density at radius 3 is 2.63 bits per heavy atom. The third kappa shape index (κ3) is 4.80. The number of benzene rings is 2. The van der Waals surface area contributed by atoms with E-state index in [0.29, 0.717) is 6.42 Å². The fourth-order valence-corrected chi connectivity index (χ4v) is 3.87. The van der Waals surface area contributed by atoms with E-state index in [-0.39, 0.29) is 40.8 Å². The highest BCUT2D eigenvalue weighted by Gasteiger charge is 2.35. The first-order chi connectivity index (χ1) is 14.4. The van der Waals surface area contributed by atoms with Crippen LogP contribution in [-0.4, -0.2) is 39.2 Å². The summed E-state index contributed by atoms with van der Waals surface area (Å²) < 4.78 is 5.24. The number of carbonyl (C=O) groups excluding carboxylic acids is 2. The number of amides is 2. The van der Waals surface area contributed by atoms with Gasteiger partial charge in [0.1, 0.15) is 0 Å². The van der Waals surface area contributed by atoms with Gasteiger partial charge in [-0.2, -0.15) is 0 Å². The van der Waals surface area contributed by atoms with Gasteiger partial charge < -0.3 is 9.84 Å². The number of nitro benzene ring substituents is 1. The lowest BCUT2D eigenvalue weighted by molar-refractivity contribution is -0.385. The van der Waals surface area contributed by atoms with Crippen LogP contribution in [-0.2, 0) is 11.2 Å². The van der Waals surface area contributed by atoms with Crippen LogP contribution in [0.5, 0.6) is 11.5 Å². The second-order valence-electron chi connectivity index (χ2n) is 6.49. The van der Waals surface area contributed by atoms with Gasteiger partial charge in [-0.05, 0) is 43.2 Å². The zero-order valence-corrected chi connectivity index (χ0v) is 17.1. The number of carbonyl (C=O) groups is 2. The Bertz CT molecular complexity index is 1010. The molecule has 0 spiro atoms. The summed E-state index contributed by atoms with van der Waals surface area (Å²) in [6.45, 7) is 2.15. The number of non-ortho nitro benzene ring substituents is 1. The van der Waals surface area contributed by atoms with E-state index in [1.54, 1.807) is 6.92 Å². The molecular formula is C21H20N2O6S. The molecule has 30 heavy (non-hydrogen) atoms. The summed E-state index contributed by atoms with van der Waals surface area (Å²) in [5, 5.41) is 21.1. The predicted octanol–water partition coefficient (Wildman–Crippen LogP) is 4.37. The molecule has 2 amide bonds. The van der Waals surface area contributed by atoms with Crippen molar-refractivity contribution in [2.24, 2.45) is 0 Å². The van der Waals surface area contributed by atoms with Crippen molar-refractivity contribution in [1.29, 1.82) is 0 Å². The number of rotatable bonds is 8. The molecule has 2 aromatic rings. The summed E-state index contributed by atoms with van der Waals surface area (Å²) in [6, 6.07) is 12.0. The van der Waals surface area contributed by atoms with Crippen LogP contribution >= 0.6 is 11.8 Å². The lowest BCUT2D eigenvalue weighted by Gasteiger charge is -2.12. The maximum Gasteiger partial charge on any atom is 0.293 e. The van der Waals surface area contributed by atoms with E-state index in [1.165, 1.54) is 6.08 Å². The summed E-state index contributed by atoms with van der Waals surface area (Å²) >= 11 is 0.742. The van der Waals surface area contributed by atoms with E-state index in [0.717, 1.165) is 40.8 Å². The lowest BCUT2D eigenvalue weighted by atomic mass is 10.1. The molecule has 1 saturated heterocycles. The van der Waals surface area contributed by atoms with Crippen LogP contribution < -0.4 is 4.74 Å². The van der Waals surface area contributed by atoms with Gasteiger partial charge in [0.15, 0.2) is 11.5 Å². The molecule has 2 aromatic carbocycles. The molecule has 1 aliphatic heterocycles. The standard InChI is InChI=1S/C21H20N2O6S/c1-2-29-17-13-16(23(27)28)11-15(19(17)24)12-18-20(25)22(21(26)30-18)10-6-9-14-7-4-3-5-8-14/h3-5,7-8,11-13,24H,2,6,9-10H2,1H3/b18-12+. The molecule has 0 saturated carbocycles. The van der Waals surface area contributed by atoms with Crippen molar-refractivity contribution in [2.75, 3.05) is 13.2 Å². The largest absolute Gasteiger partial charge is 0.504 e. The Kier molecular flexibility index (Phi) is 6.73. The van der Waals surface area contributed by atoms with Gasteiger partial charge in [0, 0.05) is 18.2 Å². The van der Waals surface area contributed by atoms with Gasteiger partial charge in [-0.25, -0.2) is 0 Å². The number of ether oxygens (including phenoxy) is 1. The zero-order chi connectivity index (χ0) is 21.7. The second kappa shape index (κ2) is 9.45. The van der Waals surface area contributed by atoms with Crippen molar-refractivity contribution < 1.29 is 24.4 Å². The number of phenolic OH excluding ortho intramolecular Hbond substituents is 1. The van der Waals surface area contributed by atoms with E-state index < -0.39 is 16.1 Å². The molecule has 0 aromatic heterocycles. The molecule has 9 heteroatoms. The molecule has 0 atom stereocenters. The summed E-state index contributed by atoms with van der Waals surface area (Å²) in [7, 11) is 0. The molecule has 1 fully saturated rings. The Morgan fingerprint density at radius 1 is 1.23 bits per heavy atom. The average Bonchev–Trinajstić information content (AvgIpc) is 2.99. The third-order valence-corrected chi connectivity index (χ3v) is 5.36. The normalized spacial score (nSPS) is 15.1. The number of imide groups is 1. The number of aromatic hydroxyl groups is 1. The van der Waals surface area contributed by atoms with Crippen LogP contribution in [0.3, 0.4) is 0 Å². The van der Waals surface area contributed by atoms with Crippen LogP contribution in [0.1, 0.15) is 24.5 Å². The average molecular weight is 428 g/mol. The van der Waals surface area contributed by atoms with Crippen molar-refractivity contribution in [1.82, 2.24) is 4.90 Å². The van der Waals surface area contributed by atoms with Gasteiger partial charge in [0.2, 0.25) is 0 Å². The van der Waals surface area contributed by atoms with Crippen molar-refractivity contribution in [2.45, 2.75) is 19.8 Å². The minimum absolute atomic E-state index is 0.0439. The molecule has 0 unspecified atom stereocenters. The number of thioether (sulfide) groups is 1. The molecule has 3 rings (SSSR count). The molecule has 0 radical (unpaired) electrons. The number of hydrogen-bond donors (Lipinski definition) is 1. The Hall–Kier alpha value is -3.33.